The van der Waals surface area contributed by atoms with Crippen LogP contribution in [0.1, 0.15) is 15.9 Å². The van der Waals surface area contributed by atoms with E-state index >= 15 is 0 Å². The highest BCUT2D eigenvalue weighted by Crippen LogP contribution is 2.24. The molecule has 0 saturated heterocycles. The number of aromatic nitrogens is 1. The maximum absolute atomic E-state index is 12.2. The Kier molecular flexibility index (Phi) is 3.58. The largest absolute Gasteiger partial charge is 0.506 e. The number of fused-ring (bicyclic) bond motifs is 1. The zero-order valence-electron chi connectivity index (χ0n) is 11.6. The number of benzene rings is 2. The zero-order chi connectivity index (χ0) is 15.5. The lowest BCUT2D eigenvalue weighted by Crippen LogP contribution is -2.16. The fourth-order valence-electron chi connectivity index (χ4n) is 2.27. The normalized spacial score (nSPS) is 11.1. The lowest BCUT2D eigenvalue weighted by atomic mass is 10.1. The smallest absolute Gasteiger partial charge is 0.263 e. The minimum atomic E-state index is -0.598. The van der Waals surface area contributed by atoms with Crippen molar-refractivity contribution in [1.29, 1.82) is 0 Å². The number of aromatic amines is 1. The second-order valence-corrected chi connectivity index (χ2v) is 4.83. The number of para-hydroxylation sites is 1. The van der Waals surface area contributed by atoms with Crippen molar-refractivity contribution in [1.82, 2.24) is 4.98 Å². The van der Waals surface area contributed by atoms with Crippen LogP contribution in [-0.2, 0) is 0 Å². The molecule has 0 atom stereocenters. The molecule has 0 spiro atoms. The first-order valence-corrected chi connectivity index (χ1v) is 6.78. The molecule has 0 bridgehead atoms. The van der Waals surface area contributed by atoms with Gasteiger partial charge in [0, 0.05) is 5.39 Å². The molecule has 2 N–H and O–H groups in total. The Morgan fingerprint density at radius 3 is 2.45 bits per heavy atom. The molecule has 0 unspecified atom stereocenters. The molecule has 0 saturated carbocycles. The molecular weight excluding hydrogens is 278 g/mol. The maximum atomic E-state index is 12.2. The minimum Gasteiger partial charge on any atom is -0.506 e. The predicted octanol–water partition coefficient (Wildman–Crippen LogP) is 3.13. The third-order valence-corrected chi connectivity index (χ3v) is 3.37. The molecule has 0 aliphatic heterocycles. The molecule has 3 rings (SSSR count). The van der Waals surface area contributed by atoms with E-state index in [1.165, 1.54) is 6.08 Å². The number of nitrogens with one attached hydrogen (secondary N) is 1. The summed E-state index contributed by atoms with van der Waals surface area (Å²) >= 11 is 0. The van der Waals surface area contributed by atoms with Gasteiger partial charge in [0.2, 0.25) is 0 Å². The summed E-state index contributed by atoms with van der Waals surface area (Å²) in [4.78, 5) is 26.9. The van der Waals surface area contributed by atoms with Crippen LogP contribution in [0.3, 0.4) is 0 Å². The van der Waals surface area contributed by atoms with E-state index in [1.807, 2.05) is 30.3 Å². The average molecular weight is 291 g/mol. The highest BCUT2D eigenvalue weighted by Gasteiger charge is 2.16. The highest BCUT2D eigenvalue weighted by molar-refractivity contribution is 6.10. The van der Waals surface area contributed by atoms with E-state index in [9.17, 15) is 14.7 Å². The van der Waals surface area contributed by atoms with Crippen LogP contribution in [0.5, 0.6) is 5.75 Å². The number of rotatable bonds is 3. The second kappa shape index (κ2) is 5.69. The van der Waals surface area contributed by atoms with Crippen LogP contribution in [0.4, 0.5) is 0 Å². The Labute approximate surface area is 126 Å². The van der Waals surface area contributed by atoms with Gasteiger partial charge in [-0.15, -0.1) is 0 Å². The molecule has 0 amide bonds. The molecule has 4 nitrogen and oxygen atoms in total. The van der Waals surface area contributed by atoms with Gasteiger partial charge < -0.3 is 10.1 Å². The van der Waals surface area contributed by atoms with Crippen molar-refractivity contribution >= 4 is 22.8 Å². The number of aromatic hydroxyl groups is 1. The van der Waals surface area contributed by atoms with Crippen LogP contribution in [-0.4, -0.2) is 15.9 Å². The molecule has 0 fully saturated rings. The number of H-pyrrole nitrogens is 1. The number of hydrogen-bond donors (Lipinski definition) is 2. The monoisotopic (exact) mass is 291 g/mol. The number of pyridine rings is 1. The van der Waals surface area contributed by atoms with Crippen LogP contribution in [0.15, 0.2) is 65.5 Å². The summed E-state index contributed by atoms with van der Waals surface area (Å²) in [6.45, 7) is 0. The third-order valence-electron chi connectivity index (χ3n) is 3.37. The number of carbonyl (C=O) groups excluding carboxylic acids is 1. The fourth-order valence-corrected chi connectivity index (χ4v) is 2.27. The van der Waals surface area contributed by atoms with Gasteiger partial charge in [0.1, 0.15) is 11.3 Å². The fraction of sp³-hybridized carbons (Fsp3) is 0. The number of ketones is 1. The Morgan fingerprint density at radius 2 is 1.68 bits per heavy atom. The van der Waals surface area contributed by atoms with Crippen LogP contribution < -0.4 is 5.56 Å². The second-order valence-electron chi connectivity index (χ2n) is 4.83. The molecule has 1 heterocycles. The quantitative estimate of drug-likeness (QED) is 0.575. The van der Waals surface area contributed by atoms with Gasteiger partial charge in [-0.25, -0.2) is 0 Å². The lowest BCUT2D eigenvalue weighted by Gasteiger charge is -2.04. The predicted molar refractivity (Wildman–Crippen MR) is 86.0 cm³/mol. The molecule has 4 heteroatoms. The lowest BCUT2D eigenvalue weighted by molar-refractivity contribution is 0.104. The summed E-state index contributed by atoms with van der Waals surface area (Å²) in [7, 11) is 0. The van der Waals surface area contributed by atoms with E-state index in [4.69, 9.17) is 0 Å². The number of hydrogen-bond acceptors (Lipinski definition) is 3. The number of allylic oxidation sites excluding steroid dienone is 1. The molecule has 108 valence electrons. The molecule has 0 aliphatic rings. The summed E-state index contributed by atoms with van der Waals surface area (Å²) < 4.78 is 0. The molecule has 2 aromatic carbocycles. The van der Waals surface area contributed by atoms with Gasteiger partial charge in [0.25, 0.3) is 5.56 Å². The summed E-state index contributed by atoms with van der Waals surface area (Å²) in [6, 6.07) is 16.1. The van der Waals surface area contributed by atoms with Gasteiger partial charge in [-0.05, 0) is 23.8 Å². The van der Waals surface area contributed by atoms with Crippen molar-refractivity contribution in [3.05, 3.63) is 82.2 Å². The Balaban J connectivity index is 2.05. The van der Waals surface area contributed by atoms with Crippen molar-refractivity contribution in [3.8, 4) is 5.75 Å². The summed E-state index contributed by atoms with van der Waals surface area (Å²) in [6.07, 6.45) is 2.89. The van der Waals surface area contributed by atoms with Gasteiger partial charge >= 0.3 is 0 Å². The zero-order valence-corrected chi connectivity index (χ0v) is 11.6. The van der Waals surface area contributed by atoms with Crippen molar-refractivity contribution in [2.75, 3.05) is 0 Å². The van der Waals surface area contributed by atoms with Gasteiger partial charge in [-0.2, -0.15) is 0 Å². The number of carbonyl (C=O) groups is 1. The van der Waals surface area contributed by atoms with Gasteiger partial charge in [-0.1, -0.05) is 48.5 Å². The summed E-state index contributed by atoms with van der Waals surface area (Å²) in [5.74, 6) is -0.824. The van der Waals surface area contributed by atoms with Crippen molar-refractivity contribution in [2.24, 2.45) is 0 Å². The van der Waals surface area contributed by atoms with Crippen molar-refractivity contribution in [3.63, 3.8) is 0 Å². The molecule has 0 radical (unpaired) electrons. The molecule has 1 aromatic heterocycles. The Morgan fingerprint density at radius 1 is 1.00 bits per heavy atom. The Hall–Kier alpha value is -3.14. The highest BCUT2D eigenvalue weighted by atomic mass is 16.3. The Bertz CT molecular complexity index is 924. The van der Waals surface area contributed by atoms with E-state index in [1.54, 1.807) is 30.3 Å². The standard InChI is InChI=1S/C18H13NO3/c20-15(11-10-12-6-2-1-3-7-12)16-17(21)13-8-4-5-9-14(13)19-18(16)22/h1-11H,(H2,19,21,22)/b11-10+. The van der Waals surface area contributed by atoms with E-state index in [2.05, 4.69) is 4.98 Å². The van der Waals surface area contributed by atoms with E-state index in [0.717, 1.165) is 5.56 Å². The molecule has 3 aromatic rings. The van der Waals surface area contributed by atoms with E-state index < -0.39 is 11.3 Å². The van der Waals surface area contributed by atoms with E-state index in [-0.39, 0.29) is 11.3 Å². The molecule has 22 heavy (non-hydrogen) atoms. The minimum absolute atomic E-state index is 0.245. The molecular formula is C18H13NO3. The first kappa shape index (κ1) is 13.8. The third kappa shape index (κ3) is 2.54. The molecule has 0 aliphatic carbocycles. The van der Waals surface area contributed by atoms with Crippen LogP contribution >= 0.6 is 0 Å². The summed E-state index contributed by atoms with van der Waals surface area (Å²) in [5.41, 5.74) is 0.492. The first-order chi connectivity index (χ1) is 10.7. The SMILES string of the molecule is O=C(/C=C/c1ccccc1)c1c(O)c2ccccc2[nH]c1=O. The van der Waals surface area contributed by atoms with Crippen molar-refractivity contribution in [2.45, 2.75) is 0 Å². The van der Waals surface area contributed by atoms with Gasteiger partial charge in [0.05, 0.1) is 5.52 Å². The van der Waals surface area contributed by atoms with E-state index in [0.29, 0.717) is 10.9 Å². The van der Waals surface area contributed by atoms with Gasteiger partial charge in [-0.3, -0.25) is 9.59 Å². The average Bonchev–Trinajstić information content (AvgIpc) is 2.54. The topological polar surface area (TPSA) is 70.2 Å². The summed E-state index contributed by atoms with van der Waals surface area (Å²) in [5, 5.41) is 10.7. The van der Waals surface area contributed by atoms with Crippen LogP contribution in [0.2, 0.25) is 0 Å². The van der Waals surface area contributed by atoms with Crippen LogP contribution in [0.25, 0.3) is 17.0 Å². The van der Waals surface area contributed by atoms with Gasteiger partial charge in [0.15, 0.2) is 5.78 Å². The maximum Gasteiger partial charge on any atom is 0.263 e. The first-order valence-electron chi connectivity index (χ1n) is 6.78. The van der Waals surface area contributed by atoms with Crippen LogP contribution in [0, 0.1) is 0 Å². The van der Waals surface area contributed by atoms with Crippen molar-refractivity contribution < 1.29 is 9.90 Å².